The summed E-state index contributed by atoms with van der Waals surface area (Å²) in [6, 6.07) is 15.9. The van der Waals surface area contributed by atoms with Crippen LogP contribution in [0.5, 0.6) is 0 Å². The van der Waals surface area contributed by atoms with Gasteiger partial charge >= 0.3 is 11.9 Å². The lowest BCUT2D eigenvalue weighted by molar-refractivity contribution is -0.160. The zero-order chi connectivity index (χ0) is 20.1. The number of nitrogens with one attached hydrogen (secondary N) is 2. The molecule has 2 atom stereocenters. The normalized spacial score (nSPS) is 21.1. The Morgan fingerprint density at radius 3 is 1.69 bits per heavy atom. The maximum absolute atomic E-state index is 12.4. The van der Waals surface area contributed by atoms with Crippen LogP contribution in [0.15, 0.2) is 48.5 Å². The molecule has 0 fully saturated rings. The van der Waals surface area contributed by atoms with Crippen LogP contribution in [0.25, 0.3) is 0 Å². The second-order valence-electron chi connectivity index (χ2n) is 7.44. The molecule has 6 nitrogen and oxygen atoms in total. The summed E-state index contributed by atoms with van der Waals surface area (Å²) >= 11 is 0. The minimum absolute atomic E-state index is 0.392. The summed E-state index contributed by atoms with van der Waals surface area (Å²) in [5.41, 5.74) is 4.33. The first-order chi connectivity index (χ1) is 14.2. The van der Waals surface area contributed by atoms with E-state index in [1.807, 2.05) is 48.5 Å². The van der Waals surface area contributed by atoms with Crippen molar-refractivity contribution in [3.8, 4) is 0 Å². The smallest absolute Gasteiger partial charge is 0.317 e. The van der Waals surface area contributed by atoms with E-state index in [2.05, 4.69) is 10.6 Å². The molecule has 152 valence electrons. The van der Waals surface area contributed by atoms with Crippen LogP contribution in [-0.4, -0.2) is 38.1 Å². The van der Waals surface area contributed by atoms with Crippen molar-refractivity contribution in [3.63, 3.8) is 0 Å². The van der Waals surface area contributed by atoms with Gasteiger partial charge in [-0.3, -0.25) is 9.59 Å². The molecule has 4 rings (SSSR count). The van der Waals surface area contributed by atoms with Gasteiger partial charge in [-0.2, -0.15) is 0 Å². The first-order valence-electron chi connectivity index (χ1n) is 10.2. The molecule has 29 heavy (non-hydrogen) atoms. The molecule has 2 heterocycles. The van der Waals surface area contributed by atoms with Crippen molar-refractivity contribution in [1.29, 1.82) is 0 Å². The highest BCUT2D eigenvalue weighted by molar-refractivity contribution is 5.91. The number of fused-ring (bicyclic) bond motifs is 2. The monoisotopic (exact) mass is 394 g/mol. The molecular weight excluding hydrogens is 368 g/mol. The second-order valence-corrected chi connectivity index (χ2v) is 7.44. The lowest BCUT2D eigenvalue weighted by Crippen LogP contribution is -2.27. The Bertz CT molecular complexity index is 811. The van der Waals surface area contributed by atoms with E-state index in [-0.39, 0.29) is 0 Å². The van der Waals surface area contributed by atoms with E-state index in [1.54, 1.807) is 0 Å². The van der Waals surface area contributed by atoms with Gasteiger partial charge in [0.05, 0.1) is 0 Å². The molecular formula is C23H26N2O4. The number of carbonyl (C=O) groups excluding carboxylic acids is 2. The number of hydrogen-bond donors (Lipinski definition) is 2. The minimum Gasteiger partial charge on any atom is -0.456 e. The first kappa shape index (κ1) is 19.6. The molecule has 2 aromatic carbocycles. The fourth-order valence-electron chi connectivity index (χ4n) is 4.01. The van der Waals surface area contributed by atoms with Gasteiger partial charge in [0.25, 0.3) is 0 Å². The number of benzene rings is 2. The van der Waals surface area contributed by atoms with Crippen LogP contribution in [0.3, 0.4) is 0 Å². The average Bonchev–Trinajstić information content (AvgIpc) is 3.05. The van der Waals surface area contributed by atoms with Gasteiger partial charge in [-0.25, -0.2) is 0 Å². The summed E-state index contributed by atoms with van der Waals surface area (Å²) in [5, 5.41) is 6.57. The van der Waals surface area contributed by atoms with E-state index in [0.717, 1.165) is 37.1 Å². The third-order valence-corrected chi connectivity index (χ3v) is 5.44. The van der Waals surface area contributed by atoms with Crippen molar-refractivity contribution >= 4 is 11.9 Å². The Hall–Kier alpha value is -2.70. The molecule has 2 aliphatic rings. The van der Waals surface area contributed by atoms with Crippen molar-refractivity contribution in [2.45, 2.75) is 31.5 Å². The van der Waals surface area contributed by atoms with Crippen LogP contribution in [0.4, 0.5) is 0 Å². The summed E-state index contributed by atoms with van der Waals surface area (Å²) in [6.07, 6.45) is 0.599. The van der Waals surface area contributed by atoms with E-state index in [4.69, 9.17) is 9.47 Å². The van der Waals surface area contributed by atoms with E-state index in [0.29, 0.717) is 13.1 Å². The van der Waals surface area contributed by atoms with Gasteiger partial charge in [-0.1, -0.05) is 48.5 Å². The van der Waals surface area contributed by atoms with E-state index in [1.165, 1.54) is 11.1 Å². The predicted molar refractivity (Wildman–Crippen MR) is 108 cm³/mol. The van der Waals surface area contributed by atoms with Crippen molar-refractivity contribution in [2.75, 3.05) is 26.2 Å². The molecule has 2 aromatic rings. The molecule has 6 heteroatoms. The molecule has 0 saturated heterocycles. The number of ether oxygens (including phenoxy) is 2. The number of hydrogen-bond acceptors (Lipinski definition) is 6. The van der Waals surface area contributed by atoms with Gasteiger partial charge in [0.1, 0.15) is 18.6 Å². The fourth-order valence-corrected chi connectivity index (χ4v) is 4.01. The third-order valence-electron chi connectivity index (χ3n) is 5.44. The van der Waals surface area contributed by atoms with Crippen LogP contribution in [-0.2, 0) is 31.9 Å². The largest absolute Gasteiger partial charge is 0.456 e. The van der Waals surface area contributed by atoms with Crippen LogP contribution < -0.4 is 10.6 Å². The van der Waals surface area contributed by atoms with E-state index in [9.17, 15) is 9.59 Å². The number of rotatable bonds is 4. The standard InChI is InChI=1S/C23H26N2O4/c26-22(28-20-14-24-11-9-16-5-1-3-7-18(16)20)13-23(27)29-21-15-25-12-10-17-6-2-4-8-19(17)21/h1-8,20-21,24-25H,9-15H2. The molecule has 0 spiro atoms. The molecule has 2 aliphatic heterocycles. The molecule has 0 radical (unpaired) electrons. The van der Waals surface area contributed by atoms with E-state index >= 15 is 0 Å². The Balaban J connectivity index is 1.37. The molecule has 0 amide bonds. The molecule has 2 unspecified atom stereocenters. The van der Waals surface area contributed by atoms with Gasteiger partial charge in [-0.15, -0.1) is 0 Å². The Kier molecular flexibility index (Phi) is 6.22. The third kappa shape index (κ3) is 4.83. The number of esters is 2. The average molecular weight is 394 g/mol. The maximum atomic E-state index is 12.4. The van der Waals surface area contributed by atoms with Gasteiger partial charge in [-0.05, 0) is 48.2 Å². The molecule has 0 aromatic heterocycles. The lowest BCUT2D eigenvalue weighted by atomic mass is 10.0. The Morgan fingerprint density at radius 1 is 0.759 bits per heavy atom. The zero-order valence-corrected chi connectivity index (χ0v) is 16.4. The van der Waals surface area contributed by atoms with Crippen molar-refractivity contribution in [1.82, 2.24) is 10.6 Å². The summed E-state index contributed by atoms with van der Waals surface area (Å²) in [7, 11) is 0. The molecule has 0 saturated carbocycles. The molecule has 0 aliphatic carbocycles. The van der Waals surface area contributed by atoms with Gasteiger partial charge < -0.3 is 20.1 Å². The van der Waals surface area contributed by atoms with Gasteiger partial charge in [0.2, 0.25) is 0 Å². The van der Waals surface area contributed by atoms with Crippen LogP contribution in [0.2, 0.25) is 0 Å². The number of carbonyl (C=O) groups is 2. The Morgan fingerprint density at radius 2 is 1.21 bits per heavy atom. The van der Waals surface area contributed by atoms with Crippen LogP contribution in [0.1, 0.15) is 40.9 Å². The first-order valence-corrected chi connectivity index (χ1v) is 10.2. The molecule has 2 N–H and O–H groups in total. The van der Waals surface area contributed by atoms with Crippen molar-refractivity contribution in [3.05, 3.63) is 70.8 Å². The van der Waals surface area contributed by atoms with Crippen molar-refractivity contribution < 1.29 is 19.1 Å². The van der Waals surface area contributed by atoms with E-state index < -0.39 is 30.6 Å². The molecule has 0 bridgehead atoms. The lowest BCUT2D eigenvalue weighted by Gasteiger charge is -2.20. The van der Waals surface area contributed by atoms with Crippen LogP contribution >= 0.6 is 0 Å². The highest BCUT2D eigenvalue weighted by Gasteiger charge is 2.26. The highest BCUT2D eigenvalue weighted by atomic mass is 16.6. The highest BCUT2D eigenvalue weighted by Crippen LogP contribution is 2.26. The quantitative estimate of drug-likeness (QED) is 0.612. The van der Waals surface area contributed by atoms with Gasteiger partial charge in [0, 0.05) is 13.1 Å². The zero-order valence-electron chi connectivity index (χ0n) is 16.4. The summed E-state index contributed by atoms with van der Waals surface area (Å²) in [6.45, 7) is 2.75. The maximum Gasteiger partial charge on any atom is 0.317 e. The van der Waals surface area contributed by atoms with Crippen molar-refractivity contribution in [2.24, 2.45) is 0 Å². The van der Waals surface area contributed by atoms with Gasteiger partial charge in [0.15, 0.2) is 0 Å². The second kappa shape index (κ2) is 9.20. The minimum atomic E-state index is -0.562. The predicted octanol–water partition coefficient (Wildman–Crippen LogP) is 2.24. The topological polar surface area (TPSA) is 76.7 Å². The summed E-state index contributed by atoms with van der Waals surface area (Å²) in [5.74, 6) is -1.12. The Labute approximate surface area is 170 Å². The SMILES string of the molecule is O=C(CC(=O)OC1CNCCc2ccccc21)OC1CNCCc2ccccc21. The summed E-state index contributed by atoms with van der Waals surface area (Å²) in [4.78, 5) is 24.9. The fraction of sp³-hybridized carbons (Fsp3) is 0.391. The summed E-state index contributed by atoms with van der Waals surface area (Å²) < 4.78 is 11.3. The van der Waals surface area contributed by atoms with Crippen LogP contribution in [0, 0.1) is 0 Å².